The van der Waals surface area contributed by atoms with Crippen LogP contribution in [-0.4, -0.2) is 39.9 Å². The summed E-state index contributed by atoms with van der Waals surface area (Å²) in [6, 6.07) is 70.9. The fourth-order valence-electron chi connectivity index (χ4n) is 9.15. The zero-order valence-electron chi connectivity index (χ0n) is 39.7. The number of rotatable bonds is 3. The van der Waals surface area contributed by atoms with Gasteiger partial charge in [0.25, 0.3) is 0 Å². The molecule has 0 radical (unpaired) electrons. The summed E-state index contributed by atoms with van der Waals surface area (Å²) in [5.41, 5.74) is 22.0. The first-order valence-electron chi connectivity index (χ1n) is 23.9. The number of H-pyrrole nitrogens is 4. The van der Waals surface area contributed by atoms with Crippen molar-refractivity contribution < 1.29 is 19.5 Å². The van der Waals surface area contributed by atoms with Gasteiger partial charge in [0.1, 0.15) is 0 Å². The van der Waals surface area contributed by atoms with E-state index in [9.17, 15) is 0 Å². The summed E-state index contributed by atoms with van der Waals surface area (Å²) >= 11 is 0. The van der Waals surface area contributed by atoms with Crippen LogP contribution in [0.15, 0.2) is 200 Å². The zero-order chi connectivity index (χ0) is 48.1. The minimum atomic E-state index is 0. The van der Waals surface area contributed by atoms with Gasteiger partial charge in [0.2, 0.25) is 0 Å². The molecule has 0 fully saturated rings. The molecule has 6 aromatic heterocycles. The molecule has 10 aromatic rings. The minimum Gasteiger partial charge on any atom is -0.355 e. The maximum Gasteiger partial charge on any atom is 0.0737 e. The minimum absolute atomic E-state index is 0. The maximum absolute atomic E-state index is 5.27. The Morgan fingerprint density at radius 2 is 0.616 bits per heavy atom. The van der Waals surface area contributed by atoms with Crippen LogP contribution in [0, 0.1) is 6.07 Å². The Bertz CT molecular complexity index is 3930. The Hall–Kier alpha value is -9.30. The average molecular weight is 992 g/mol. The third kappa shape index (κ3) is 10.4. The molecule has 0 unspecified atom stereocenters. The van der Waals surface area contributed by atoms with Crippen molar-refractivity contribution in [1.82, 2.24) is 39.9 Å². The summed E-state index contributed by atoms with van der Waals surface area (Å²) in [7, 11) is 0. The molecule has 16 bridgehead atoms. The van der Waals surface area contributed by atoms with Gasteiger partial charge in [-0.1, -0.05) is 91.0 Å². The van der Waals surface area contributed by atoms with Crippen molar-refractivity contribution in [3.8, 4) is 33.4 Å². The largest absolute Gasteiger partial charge is 0.355 e. The van der Waals surface area contributed by atoms with Crippen LogP contribution in [0.4, 0.5) is 0 Å². The van der Waals surface area contributed by atoms with Gasteiger partial charge in [0, 0.05) is 80.3 Å². The smallest absolute Gasteiger partial charge is 0.0737 e. The van der Waals surface area contributed by atoms with Crippen molar-refractivity contribution in [3.63, 3.8) is 0 Å². The number of nitrogens with zero attached hydrogens (tertiary/aromatic N) is 4. The van der Waals surface area contributed by atoms with Gasteiger partial charge in [-0.15, -0.1) is 0 Å². The summed E-state index contributed by atoms with van der Waals surface area (Å²) in [5, 5.41) is 0. The molecule has 10 heterocycles. The van der Waals surface area contributed by atoms with E-state index in [4.69, 9.17) is 9.97 Å². The standard InChI is InChI=1S/C38H26N4.C20H14N4.C6H5.Zn/c1-4-10-25(11-5-1)36-30-18-16-28(39-30)24-29-17-19-31(40-29)37(26-12-6-2-7-13-26)33-21-23-35(42-33)38(27-14-8-3-9-15-27)34-22-20-32(36)41-34;1-2-14-10-16-5-6-18(23-16)12-20-8-7-19(24-20)11-17-4-3-15(22-17)9-13(1)21-14;1-2-4-6-5-3-1;/h1-24,39,42H;1-12,21-22H;1-5H;/q;;-1;. The van der Waals surface area contributed by atoms with E-state index in [2.05, 4.69) is 194 Å². The Balaban J connectivity index is 0.000000155. The number of fused-ring (bicyclic) bond motifs is 16. The SMILES string of the molecule is C1=Cc2cc3ccc(cc4ccc(cc5nc(cc1n2)C=C5)[nH]4)[nH]3.C1=Cc2nc1cc1ccc([nH]1)c(-c1ccccc1)c1nc(c(-c3ccccc3)c3ccc([nH]3)c2-c2ccccc2)C=C1.[Zn].[c-]1ccccc1. The number of nitrogens with one attached hydrogen (secondary N) is 4. The van der Waals surface area contributed by atoms with E-state index in [1.807, 2.05) is 91.0 Å². The van der Waals surface area contributed by atoms with E-state index in [-0.39, 0.29) is 19.5 Å². The quantitative estimate of drug-likeness (QED) is 0.104. The van der Waals surface area contributed by atoms with Crippen molar-refractivity contribution in [2.45, 2.75) is 0 Å². The van der Waals surface area contributed by atoms with Crippen molar-refractivity contribution in [1.29, 1.82) is 0 Å². The van der Waals surface area contributed by atoms with Crippen LogP contribution >= 0.6 is 0 Å². The van der Waals surface area contributed by atoms with E-state index in [0.29, 0.717) is 0 Å². The first-order chi connectivity index (χ1) is 35.6. The summed E-state index contributed by atoms with van der Waals surface area (Å²) in [4.78, 5) is 33.8. The molecule has 73 heavy (non-hydrogen) atoms. The molecule has 4 aliphatic heterocycles. The van der Waals surface area contributed by atoms with Crippen LogP contribution in [0.25, 0.3) is 126 Å². The average Bonchev–Trinajstić information content (AvgIpc) is 4.28. The van der Waals surface area contributed by atoms with Crippen LogP contribution in [0.1, 0.15) is 45.6 Å². The molecule has 4 aromatic carbocycles. The molecule has 0 saturated heterocycles. The monoisotopic (exact) mass is 989 g/mol. The van der Waals surface area contributed by atoms with E-state index in [1.54, 1.807) is 0 Å². The summed E-state index contributed by atoms with van der Waals surface area (Å²) in [5.74, 6) is 0. The Kier molecular flexibility index (Phi) is 13.2. The van der Waals surface area contributed by atoms with Crippen LogP contribution in [0.3, 0.4) is 0 Å². The van der Waals surface area contributed by atoms with E-state index in [0.717, 1.165) is 123 Å². The molecule has 8 nitrogen and oxygen atoms in total. The Morgan fingerprint density at radius 1 is 0.274 bits per heavy atom. The maximum atomic E-state index is 5.27. The first-order valence-corrected chi connectivity index (χ1v) is 23.9. The van der Waals surface area contributed by atoms with Crippen LogP contribution in [0.2, 0.25) is 0 Å². The summed E-state index contributed by atoms with van der Waals surface area (Å²) in [6.45, 7) is 0. The van der Waals surface area contributed by atoms with Gasteiger partial charge in [0.15, 0.2) is 0 Å². The second-order valence-electron chi connectivity index (χ2n) is 17.4. The zero-order valence-corrected chi connectivity index (χ0v) is 42.6. The third-order valence-electron chi connectivity index (χ3n) is 12.4. The number of hydrogen-bond acceptors (Lipinski definition) is 4. The molecule has 0 spiro atoms. The number of benzene rings is 4. The van der Waals surface area contributed by atoms with Crippen molar-refractivity contribution in [2.24, 2.45) is 0 Å². The molecule has 14 rings (SSSR count). The molecule has 0 amide bonds. The molecular formula is C64H45N8Zn-. The van der Waals surface area contributed by atoms with Crippen molar-refractivity contribution in [2.75, 3.05) is 0 Å². The molecule has 344 valence electrons. The molecular weight excluding hydrogens is 946 g/mol. The normalized spacial score (nSPS) is 11.8. The second-order valence-corrected chi connectivity index (χ2v) is 17.4. The van der Waals surface area contributed by atoms with E-state index < -0.39 is 0 Å². The van der Waals surface area contributed by atoms with Gasteiger partial charge < -0.3 is 19.9 Å². The predicted octanol–water partition coefficient (Wildman–Crippen LogP) is 15.8. The Labute approximate surface area is 434 Å². The van der Waals surface area contributed by atoms with Gasteiger partial charge in [-0.05, 0) is 144 Å². The first kappa shape index (κ1) is 46.1. The third-order valence-corrected chi connectivity index (χ3v) is 12.4. The summed E-state index contributed by atoms with van der Waals surface area (Å²) < 4.78 is 0. The van der Waals surface area contributed by atoms with Gasteiger partial charge in [-0.3, -0.25) is 0 Å². The summed E-state index contributed by atoms with van der Waals surface area (Å²) in [6.07, 6.45) is 16.5. The number of aromatic nitrogens is 8. The van der Waals surface area contributed by atoms with E-state index in [1.165, 1.54) is 0 Å². The molecule has 0 aliphatic carbocycles. The van der Waals surface area contributed by atoms with Crippen LogP contribution < -0.4 is 0 Å². The fourth-order valence-corrected chi connectivity index (χ4v) is 9.15. The molecule has 0 atom stereocenters. The van der Waals surface area contributed by atoms with Gasteiger partial charge in [-0.2, -0.15) is 36.4 Å². The van der Waals surface area contributed by atoms with Gasteiger partial charge >= 0.3 is 0 Å². The molecule has 9 heteroatoms. The van der Waals surface area contributed by atoms with Crippen LogP contribution in [-0.2, 0) is 19.5 Å². The molecule has 4 N–H and O–H groups in total. The second kappa shape index (κ2) is 21.0. The van der Waals surface area contributed by atoms with Crippen LogP contribution in [0.5, 0.6) is 0 Å². The Morgan fingerprint density at radius 3 is 1.07 bits per heavy atom. The predicted molar refractivity (Wildman–Crippen MR) is 299 cm³/mol. The topological polar surface area (TPSA) is 115 Å². The van der Waals surface area contributed by atoms with E-state index >= 15 is 0 Å². The molecule has 0 saturated carbocycles. The van der Waals surface area contributed by atoms with Gasteiger partial charge in [-0.25, -0.2) is 19.9 Å². The van der Waals surface area contributed by atoms with Gasteiger partial charge in [0.05, 0.1) is 45.6 Å². The van der Waals surface area contributed by atoms with Crippen molar-refractivity contribution in [3.05, 3.63) is 252 Å². The number of hydrogen-bond donors (Lipinski definition) is 4. The van der Waals surface area contributed by atoms with Crippen molar-refractivity contribution >= 4 is 92.7 Å². The number of aromatic amines is 4. The fraction of sp³-hybridized carbons (Fsp3) is 0. The molecule has 4 aliphatic rings.